The topological polar surface area (TPSA) is 49.6 Å². The second kappa shape index (κ2) is 6.16. The van der Waals surface area contributed by atoms with Gasteiger partial charge in [-0.25, -0.2) is 0 Å². The molecule has 1 aliphatic heterocycles. The molecule has 0 spiro atoms. The number of nitrogens with zero attached hydrogens (tertiary/aromatic N) is 2. The predicted octanol–water partition coefficient (Wildman–Crippen LogP) is 2.60. The van der Waals surface area contributed by atoms with Crippen molar-refractivity contribution in [3.63, 3.8) is 0 Å². The zero-order chi connectivity index (χ0) is 14.7. The summed E-state index contributed by atoms with van der Waals surface area (Å²) in [5.41, 5.74) is 8.57. The molecule has 20 heavy (non-hydrogen) atoms. The molecule has 1 aromatic rings. The lowest BCUT2D eigenvalue weighted by molar-refractivity contribution is 0.0827. The molecule has 1 amide bonds. The number of anilines is 2. The maximum absolute atomic E-state index is 11.9. The van der Waals surface area contributed by atoms with Gasteiger partial charge in [-0.1, -0.05) is 13.3 Å². The number of nitrogens with two attached hydrogens (primary N) is 1. The molecule has 4 heteroatoms. The summed E-state index contributed by atoms with van der Waals surface area (Å²) in [5.74, 6) is 0.774. The third-order valence-electron chi connectivity index (χ3n) is 4.00. The Labute approximate surface area is 121 Å². The molecule has 0 aliphatic carbocycles. The van der Waals surface area contributed by atoms with Crippen molar-refractivity contribution in [2.45, 2.75) is 26.2 Å². The van der Waals surface area contributed by atoms with Crippen LogP contribution in [0.15, 0.2) is 18.2 Å². The van der Waals surface area contributed by atoms with E-state index in [0.29, 0.717) is 11.3 Å². The number of carbonyl (C=O) groups excluding carboxylic acids is 1. The first-order valence-corrected chi connectivity index (χ1v) is 7.39. The maximum Gasteiger partial charge on any atom is 0.253 e. The van der Waals surface area contributed by atoms with Crippen LogP contribution in [0.3, 0.4) is 0 Å². The summed E-state index contributed by atoms with van der Waals surface area (Å²) in [7, 11) is 3.50. The zero-order valence-electron chi connectivity index (χ0n) is 12.7. The highest BCUT2D eigenvalue weighted by Crippen LogP contribution is 2.31. The number of rotatable bonds is 4. The Kier molecular flexibility index (Phi) is 4.53. The SMILES string of the molecule is CCCC1CCN(c2ccc(C(=O)N(C)C)cc2N)C1. The van der Waals surface area contributed by atoms with Crippen LogP contribution in [-0.2, 0) is 0 Å². The van der Waals surface area contributed by atoms with Crippen LogP contribution in [0.2, 0.25) is 0 Å². The number of amides is 1. The first-order valence-electron chi connectivity index (χ1n) is 7.39. The van der Waals surface area contributed by atoms with Crippen molar-refractivity contribution >= 4 is 17.3 Å². The zero-order valence-corrected chi connectivity index (χ0v) is 12.7. The fraction of sp³-hybridized carbons (Fsp3) is 0.562. The Morgan fingerprint density at radius 2 is 2.20 bits per heavy atom. The van der Waals surface area contributed by atoms with Gasteiger partial charge in [0.2, 0.25) is 0 Å². The second-order valence-electron chi connectivity index (χ2n) is 5.86. The van der Waals surface area contributed by atoms with Crippen molar-refractivity contribution < 1.29 is 4.79 Å². The van der Waals surface area contributed by atoms with Crippen molar-refractivity contribution in [3.8, 4) is 0 Å². The van der Waals surface area contributed by atoms with Crippen molar-refractivity contribution in [3.05, 3.63) is 23.8 Å². The molecule has 1 aromatic carbocycles. The van der Waals surface area contributed by atoms with Gasteiger partial charge in [-0.15, -0.1) is 0 Å². The lowest BCUT2D eigenvalue weighted by Gasteiger charge is -2.21. The van der Waals surface area contributed by atoms with Crippen LogP contribution in [0.5, 0.6) is 0 Å². The van der Waals surface area contributed by atoms with E-state index in [0.717, 1.165) is 24.7 Å². The van der Waals surface area contributed by atoms with Gasteiger partial charge in [0.25, 0.3) is 5.91 Å². The minimum absolute atomic E-state index is 0.00599. The molecule has 4 nitrogen and oxygen atoms in total. The molecule has 1 saturated heterocycles. The molecule has 110 valence electrons. The summed E-state index contributed by atoms with van der Waals surface area (Å²) in [6.45, 7) is 4.38. The monoisotopic (exact) mass is 275 g/mol. The first kappa shape index (κ1) is 14.7. The molecule has 2 rings (SSSR count). The Bertz CT molecular complexity index is 485. The van der Waals surface area contributed by atoms with Crippen LogP contribution < -0.4 is 10.6 Å². The second-order valence-corrected chi connectivity index (χ2v) is 5.86. The highest BCUT2D eigenvalue weighted by atomic mass is 16.2. The number of carbonyl (C=O) groups is 1. The standard InChI is InChI=1S/C16H25N3O/c1-4-5-12-8-9-19(11-12)15-7-6-13(10-14(15)17)16(20)18(2)3/h6-7,10,12H,4-5,8-9,11,17H2,1-3H3. The molecule has 1 heterocycles. The van der Waals surface area contributed by atoms with Crippen molar-refractivity contribution in [2.75, 3.05) is 37.8 Å². The van der Waals surface area contributed by atoms with E-state index in [1.54, 1.807) is 25.1 Å². The number of hydrogen-bond donors (Lipinski definition) is 1. The summed E-state index contributed by atoms with van der Waals surface area (Å²) in [4.78, 5) is 15.8. The molecular weight excluding hydrogens is 250 g/mol. The highest BCUT2D eigenvalue weighted by Gasteiger charge is 2.23. The normalized spacial score (nSPS) is 18.4. The van der Waals surface area contributed by atoms with E-state index in [4.69, 9.17) is 5.73 Å². The summed E-state index contributed by atoms with van der Waals surface area (Å²) >= 11 is 0. The Morgan fingerprint density at radius 3 is 2.80 bits per heavy atom. The molecule has 0 bridgehead atoms. The Hall–Kier alpha value is -1.71. The Balaban J connectivity index is 2.13. The van der Waals surface area contributed by atoms with Crippen LogP contribution in [0.25, 0.3) is 0 Å². The van der Waals surface area contributed by atoms with E-state index < -0.39 is 0 Å². The largest absolute Gasteiger partial charge is 0.397 e. The van der Waals surface area contributed by atoms with Gasteiger partial charge >= 0.3 is 0 Å². The van der Waals surface area contributed by atoms with E-state index in [2.05, 4.69) is 11.8 Å². The van der Waals surface area contributed by atoms with Crippen molar-refractivity contribution in [2.24, 2.45) is 5.92 Å². The van der Waals surface area contributed by atoms with E-state index in [1.165, 1.54) is 19.3 Å². The van der Waals surface area contributed by atoms with E-state index in [1.807, 2.05) is 12.1 Å². The molecule has 2 N–H and O–H groups in total. The van der Waals surface area contributed by atoms with Gasteiger partial charge < -0.3 is 15.5 Å². The average molecular weight is 275 g/mol. The lowest BCUT2D eigenvalue weighted by Crippen LogP contribution is -2.23. The summed E-state index contributed by atoms with van der Waals surface area (Å²) in [6, 6.07) is 5.66. The molecule has 1 atom stereocenters. The van der Waals surface area contributed by atoms with E-state index >= 15 is 0 Å². The summed E-state index contributed by atoms with van der Waals surface area (Å²) < 4.78 is 0. The Morgan fingerprint density at radius 1 is 1.45 bits per heavy atom. The number of nitrogen functional groups attached to an aromatic ring is 1. The van der Waals surface area contributed by atoms with Crippen molar-refractivity contribution in [1.82, 2.24) is 4.90 Å². The summed E-state index contributed by atoms with van der Waals surface area (Å²) in [6.07, 6.45) is 3.77. The van der Waals surface area contributed by atoms with Crippen LogP contribution >= 0.6 is 0 Å². The van der Waals surface area contributed by atoms with E-state index in [9.17, 15) is 4.79 Å². The molecule has 0 aromatic heterocycles. The fourth-order valence-corrected chi connectivity index (χ4v) is 2.93. The lowest BCUT2D eigenvalue weighted by atomic mass is 10.0. The summed E-state index contributed by atoms with van der Waals surface area (Å²) in [5, 5.41) is 0. The van der Waals surface area contributed by atoms with Crippen LogP contribution in [0.1, 0.15) is 36.5 Å². The molecule has 1 aliphatic rings. The van der Waals surface area contributed by atoms with Crippen LogP contribution in [0, 0.1) is 5.92 Å². The molecule has 1 fully saturated rings. The van der Waals surface area contributed by atoms with Gasteiger partial charge in [0, 0.05) is 32.7 Å². The average Bonchev–Trinajstić information content (AvgIpc) is 2.86. The molecule has 1 unspecified atom stereocenters. The van der Waals surface area contributed by atoms with Gasteiger partial charge in [-0.3, -0.25) is 4.79 Å². The molecule has 0 saturated carbocycles. The predicted molar refractivity (Wildman–Crippen MR) is 84.1 cm³/mol. The van der Waals surface area contributed by atoms with E-state index in [-0.39, 0.29) is 5.91 Å². The first-order chi connectivity index (χ1) is 9.52. The third-order valence-corrected chi connectivity index (χ3v) is 4.00. The van der Waals surface area contributed by atoms with Gasteiger partial charge in [-0.05, 0) is 37.0 Å². The highest BCUT2D eigenvalue weighted by molar-refractivity contribution is 5.95. The molecule has 0 radical (unpaired) electrons. The quantitative estimate of drug-likeness (QED) is 0.859. The van der Waals surface area contributed by atoms with Crippen molar-refractivity contribution in [1.29, 1.82) is 0 Å². The van der Waals surface area contributed by atoms with Gasteiger partial charge in [0.15, 0.2) is 0 Å². The minimum Gasteiger partial charge on any atom is -0.397 e. The maximum atomic E-state index is 11.9. The molecular formula is C16H25N3O. The van der Waals surface area contributed by atoms with Crippen LogP contribution in [0.4, 0.5) is 11.4 Å². The van der Waals surface area contributed by atoms with Gasteiger partial charge in [0.05, 0.1) is 11.4 Å². The van der Waals surface area contributed by atoms with Crippen LogP contribution in [-0.4, -0.2) is 38.0 Å². The minimum atomic E-state index is -0.00599. The third kappa shape index (κ3) is 3.06. The fourth-order valence-electron chi connectivity index (χ4n) is 2.93. The number of hydrogen-bond acceptors (Lipinski definition) is 3. The number of benzene rings is 1. The van der Waals surface area contributed by atoms with Gasteiger partial charge in [0.1, 0.15) is 0 Å². The smallest absolute Gasteiger partial charge is 0.253 e. The van der Waals surface area contributed by atoms with Gasteiger partial charge in [-0.2, -0.15) is 0 Å².